The number of carbonyl (C=O) groups is 2. The highest BCUT2D eigenvalue weighted by Crippen LogP contribution is 2.28. The van der Waals surface area contributed by atoms with E-state index in [9.17, 15) is 9.59 Å². The van der Waals surface area contributed by atoms with Crippen LogP contribution in [0.1, 0.15) is 0 Å². The second kappa shape index (κ2) is 9.80. The molecule has 6 nitrogen and oxygen atoms in total. The van der Waals surface area contributed by atoms with E-state index in [1.54, 1.807) is 37.4 Å². The van der Waals surface area contributed by atoms with Crippen LogP contribution in [0.2, 0.25) is 0 Å². The fraction of sp³-hybridized carbons (Fsp3) is 0.222. The normalized spacial score (nSPS) is 11.0. The highest BCUT2D eigenvalue weighted by molar-refractivity contribution is 6.76. The summed E-state index contributed by atoms with van der Waals surface area (Å²) in [5.41, 5.74) is 0.986. The van der Waals surface area contributed by atoms with Crippen molar-refractivity contribution in [1.29, 1.82) is 0 Å². The zero-order valence-electron chi connectivity index (χ0n) is 14.3. The minimum Gasteiger partial charge on any atom is -0.410 e. The molecule has 0 unspecified atom stereocenters. The summed E-state index contributed by atoms with van der Waals surface area (Å²) in [7, 11) is 1.55. The minimum atomic E-state index is -2.10. The van der Waals surface area contributed by atoms with Gasteiger partial charge >= 0.3 is 6.09 Å². The van der Waals surface area contributed by atoms with Crippen LogP contribution in [0.3, 0.4) is 0 Å². The van der Waals surface area contributed by atoms with Crippen LogP contribution >= 0.6 is 34.8 Å². The number of ether oxygens (including phenoxy) is 2. The van der Waals surface area contributed by atoms with E-state index >= 15 is 0 Å². The lowest BCUT2D eigenvalue weighted by Gasteiger charge is -2.22. The van der Waals surface area contributed by atoms with Crippen molar-refractivity contribution in [2.24, 2.45) is 0 Å². The van der Waals surface area contributed by atoms with E-state index in [0.717, 1.165) is 0 Å². The number of benzene rings is 2. The molecule has 0 atom stereocenters. The number of nitrogens with one attached hydrogen (secondary N) is 1. The van der Waals surface area contributed by atoms with Crippen LogP contribution in [0.25, 0.3) is 0 Å². The van der Waals surface area contributed by atoms with E-state index < -0.39 is 15.8 Å². The van der Waals surface area contributed by atoms with Gasteiger partial charge in [0.25, 0.3) is 9.70 Å². The van der Waals surface area contributed by atoms with E-state index in [2.05, 4.69) is 5.32 Å². The average Bonchev–Trinajstić information content (AvgIpc) is 2.62. The molecule has 2 rings (SSSR count). The number of anilines is 2. The molecular weight excluding hydrogens is 415 g/mol. The first-order chi connectivity index (χ1) is 12.8. The Bertz CT molecular complexity index is 782. The highest BCUT2D eigenvalue weighted by atomic mass is 35.6. The number of nitrogens with zero attached hydrogens (tertiary/aromatic N) is 1. The monoisotopic (exact) mass is 430 g/mol. The van der Waals surface area contributed by atoms with E-state index in [-0.39, 0.29) is 5.75 Å². The Balaban J connectivity index is 2.13. The molecule has 144 valence electrons. The van der Waals surface area contributed by atoms with Crippen LogP contribution < -0.4 is 15.0 Å². The molecule has 2 aromatic carbocycles. The number of hydrogen-bond acceptors (Lipinski definition) is 4. The molecule has 0 radical (unpaired) electrons. The zero-order valence-corrected chi connectivity index (χ0v) is 16.6. The van der Waals surface area contributed by atoms with E-state index in [0.29, 0.717) is 24.5 Å². The molecule has 0 saturated heterocycles. The summed E-state index contributed by atoms with van der Waals surface area (Å²) in [4.78, 5) is 25.8. The van der Waals surface area contributed by atoms with Crippen molar-refractivity contribution >= 4 is 58.2 Å². The predicted octanol–water partition coefficient (Wildman–Crippen LogP) is 4.65. The van der Waals surface area contributed by atoms with Crippen LogP contribution in [0.4, 0.5) is 16.2 Å². The molecule has 2 amide bonds. The second-order valence-corrected chi connectivity index (χ2v) is 7.61. The molecule has 0 aliphatic heterocycles. The minimum absolute atomic E-state index is 0.223. The first-order valence-electron chi connectivity index (χ1n) is 7.83. The molecule has 0 aliphatic rings. The largest absolute Gasteiger partial charge is 0.419 e. The highest BCUT2D eigenvalue weighted by Gasteiger charge is 2.30. The number of rotatable bonds is 6. The third kappa shape index (κ3) is 6.59. The van der Waals surface area contributed by atoms with Gasteiger partial charge in [-0.05, 0) is 24.3 Å². The molecule has 0 fully saturated rings. The lowest BCUT2D eigenvalue weighted by atomic mass is 10.3. The number of methoxy groups -OCH3 is 1. The number of alkyl halides is 3. The molecule has 9 heteroatoms. The van der Waals surface area contributed by atoms with Crippen molar-refractivity contribution in [1.82, 2.24) is 0 Å². The second-order valence-electron chi connectivity index (χ2n) is 5.33. The fourth-order valence-electron chi connectivity index (χ4n) is 2.11. The summed E-state index contributed by atoms with van der Waals surface area (Å²) in [6.45, 7) is 0.645. The maximum absolute atomic E-state index is 12.6. The molecule has 0 aromatic heterocycles. The Hall–Kier alpha value is -1.99. The zero-order chi connectivity index (χ0) is 19.9. The smallest absolute Gasteiger partial charge is 0.410 e. The van der Waals surface area contributed by atoms with Crippen LogP contribution in [0.15, 0.2) is 54.6 Å². The molecule has 0 spiro atoms. The number of para-hydroxylation sites is 1. The summed E-state index contributed by atoms with van der Waals surface area (Å²) < 4.78 is 8.37. The molecule has 0 aliphatic carbocycles. The number of amides is 2. The summed E-state index contributed by atoms with van der Waals surface area (Å²) in [6, 6.07) is 15.2. The fourth-order valence-corrected chi connectivity index (χ4v) is 2.25. The SMILES string of the molecule is COCCN(C(=O)Oc1cccc(NC(=O)C(Cl)(Cl)Cl)c1)c1ccccc1. The van der Waals surface area contributed by atoms with Gasteiger partial charge < -0.3 is 14.8 Å². The van der Waals surface area contributed by atoms with E-state index in [1.807, 2.05) is 18.2 Å². The van der Waals surface area contributed by atoms with Gasteiger partial charge in [-0.3, -0.25) is 9.69 Å². The molecule has 0 saturated carbocycles. The van der Waals surface area contributed by atoms with Crippen LogP contribution in [-0.2, 0) is 9.53 Å². The molecule has 0 heterocycles. The van der Waals surface area contributed by atoms with Gasteiger partial charge in [0.2, 0.25) is 0 Å². The summed E-state index contributed by atoms with van der Waals surface area (Å²) in [5, 5.41) is 2.43. The maximum Gasteiger partial charge on any atom is 0.419 e. The van der Waals surface area contributed by atoms with Gasteiger partial charge in [0.05, 0.1) is 13.2 Å². The van der Waals surface area contributed by atoms with Crippen molar-refractivity contribution < 1.29 is 19.1 Å². The summed E-state index contributed by atoms with van der Waals surface area (Å²) in [5.74, 6) is -0.595. The third-order valence-corrected chi connectivity index (χ3v) is 3.88. The summed E-state index contributed by atoms with van der Waals surface area (Å²) in [6.07, 6.45) is -0.594. The first-order valence-corrected chi connectivity index (χ1v) is 8.96. The Labute approximate surface area is 171 Å². The molecule has 1 N–H and O–H groups in total. The van der Waals surface area contributed by atoms with Gasteiger partial charge in [-0.1, -0.05) is 59.1 Å². The number of halogens is 3. The molecule has 27 heavy (non-hydrogen) atoms. The van der Waals surface area contributed by atoms with Gasteiger partial charge in [-0.25, -0.2) is 4.79 Å². The van der Waals surface area contributed by atoms with Gasteiger partial charge in [-0.2, -0.15) is 0 Å². The molecule has 0 bridgehead atoms. The third-order valence-electron chi connectivity index (χ3n) is 3.36. The standard InChI is InChI=1S/C18H17Cl3N2O4/c1-26-11-10-23(14-7-3-2-4-8-14)17(25)27-15-9-5-6-13(12-15)22-16(24)18(19,20)21/h2-9,12H,10-11H2,1H3,(H,22,24). The van der Waals surface area contributed by atoms with Crippen molar-refractivity contribution in [3.05, 3.63) is 54.6 Å². The van der Waals surface area contributed by atoms with Crippen molar-refractivity contribution in [3.8, 4) is 5.75 Å². The van der Waals surface area contributed by atoms with Crippen molar-refractivity contribution in [2.75, 3.05) is 30.5 Å². The number of hydrogen-bond donors (Lipinski definition) is 1. The van der Waals surface area contributed by atoms with Gasteiger partial charge in [-0.15, -0.1) is 0 Å². The maximum atomic E-state index is 12.6. The van der Waals surface area contributed by atoms with Crippen LogP contribution in [0, 0.1) is 0 Å². The Morgan fingerprint density at radius 1 is 1.07 bits per heavy atom. The topological polar surface area (TPSA) is 67.9 Å². The van der Waals surface area contributed by atoms with E-state index in [4.69, 9.17) is 44.3 Å². The van der Waals surface area contributed by atoms with Crippen LogP contribution in [-0.4, -0.2) is 36.1 Å². The van der Waals surface area contributed by atoms with Gasteiger partial charge in [0, 0.05) is 24.6 Å². The predicted molar refractivity (Wildman–Crippen MR) is 107 cm³/mol. The number of carbonyl (C=O) groups excluding carboxylic acids is 2. The molecular formula is C18H17Cl3N2O4. The van der Waals surface area contributed by atoms with Gasteiger partial charge in [0.15, 0.2) is 0 Å². The average molecular weight is 432 g/mol. The van der Waals surface area contributed by atoms with Crippen LogP contribution in [0.5, 0.6) is 5.75 Å². The lowest BCUT2D eigenvalue weighted by Crippen LogP contribution is -2.36. The Kier molecular flexibility index (Phi) is 7.74. The quantitative estimate of drug-likeness (QED) is 0.676. The van der Waals surface area contributed by atoms with E-state index in [1.165, 1.54) is 11.0 Å². The van der Waals surface area contributed by atoms with Crippen molar-refractivity contribution in [2.45, 2.75) is 3.79 Å². The summed E-state index contributed by atoms with van der Waals surface area (Å²) >= 11 is 16.6. The Morgan fingerprint density at radius 2 is 1.78 bits per heavy atom. The Morgan fingerprint density at radius 3 is 2.41 bits per heavy atom. The molecule has 2 aromatic rings. The first kappa shape index (κ1) is 21.3. The van der Waals surface area contributed by atoms with Gasteiger partial charge in [0.1, 0.15) is 5.75 Å². The van der Waals surface area contributed by atoms with Crippen molar-refractivity contribution in [3.63, 3.8) is 0 Å². The lowest BCUT2D eigenvalue weighted by molar-refractivity contribution is -0.115.